The van der Waals surface area contributed by atoms with Crippen LogP contribution in [-0.4, -0.2) is 22.1 Å². The molecule has 1 aromatic rings. The van der Waals surface area contributed by atoms with E-state index < -0.39 is 0 Å². The molecule has 0 amide bonds. The molecule has 4 nitrogen and oxygen atoms in total. The molecular weight excluding hydrogens is 176 g/mol. The molecule has 1 aromatic heterocycles. The van der Waals surface area contributed by atoms with Crippen molar-refractivity contribution in [1.29, 1.82) is 0 Å². The van der Waals surface area contributed by atoms with E-state index in [1.165, 1.54) is 0 Å². The number of hydrogen-bond donors (Lipinski definition) is 2. The maximum absolute atomic E-state index is 4.14. The Kier molecular flexibility index (Phi) is 3.28. The quantitative estimate of drug-likeness (QED) is 0.773. The Hall–Kier alpha value is -1.32. The smallest absolute Gasteiger partial charge is 0.131 e. The molecule has 78 valence electrons. The van der Waals surface area contributed by atoms with Crippen LogP contribution in [-0.2, 0) is 0 Å². The van der Waals surface area contributed by atoms with Crippen LogP contribution >= 0.6 is 0 Å². The summed E-state index contributed by atoms with van der Waals surface area (Å²) in [6, 6.07) is 1.91. The highest BCUT2D eigenvalue weighted by Gasteiger charge is 2.10. The molecule has 0 aliphatic heterocycles. The summed E-state index contributed by atoms with van der Waals surface area (Å²) in [4.78, 5) is 8.24. The molecule has 1 heterocycles. The van der Waals surface area contributed by atoms with E-state index in [9.17, 15) is 0 Å². The van der Waals surface area contributed by atoms with E-state index in [1.54, 1.807) is 6.33 Å². The Morgan fingerprint density at radius 1 is 1.21 bits per heavy atom. The highest BCUT2D eigenvalue weighted by molar-refractivity contribution is 5.47. The summed E-state index contributed by atoms with van der Waals surface area (Å²) >= 11 is 0. The third-order valence-corrected chi connectivity index (χ3v) is 1.53. The second-order valence-electron chi connectivity index (χ2n) is 4.19. The second kappa shape index (κ2) is 4.26. The third kappa shape index (κ3) is 3.60. The molecule has 1 rings (SSSR count). The zero-order valence-corrected chi connectivity index (χ0v) is 9.26. The number of aromatic nitrogens is 2. The van der Waals surface area contributed by atoms with Crippen LogP contribution in [0.25, 0.3) is 0 Å². The van der Waals surface area contributed by atoms with E-state index in [4.69, 9.17) is 0 Å². The van der Waals surface area contributed by atoms with Crippen molar-refractivity contribution in [3.05, 3.63) is 12.4 Å². The van der Waals surface area contributed by atoms with Gasteiger partial charge in [0.2, 0.25) is 0 Å². The van der Waals surface area contributed by atoms with Crippen LogP contribution in [0.1, 0.15) is 27.7 Å². The van der Waals surface area contributed by atoms with Crippen LogP contribution in [0.5, 0.6) is 0 Å². The average molecular weight is 194 g/mol. The van der Waals surface area contributed by atoms with E-state index >= 15 is 0 Å². The summed E-state index contributed by atoms with van der Waals surface area (Å²) in [7, 11) is 0. The lowest BCUT2D eigenvalue weighted by Gasteiger charge is -2.21. The van der Waals surface area contributed by atoms with Crippen molar-refractivity contribution in [2.24, 2.45) is 0 Å². The summed E-state index contributed by atoms with van der Waals surface area (Å²) in [6.07, 6.45) is 1.56. The summed E-state index contributed by atoms with van der Waals surface area (Å²) in [5.74, 6) is 1.71. The van der Waals surface area contributed by atoms with Crippen molar-refractivity contribution in [3.8, 4) is 0 Å². The fourth-order valence-electron chi connectivity index (χ4n) is 1.09. The van der Waals surface area contributed by atoms with Gasteiger partial charge in [-0.1, -0.05) is 0 Å². The molecule has 0 aliphatic carbocycles. The van der Waals surface area contributed by atoms with Gasteiger partial charge in [0.1, 0.15) is 18.0 Å². The lowest BCUT2D eigenvalue weighted by Crippen LogP contribution is -2.26. The van der Waals surface area contributed by atoms with Crippen molar-refractivity contribution in [2.45, 2.75) is 33.2 Å². The fourth-order valence-corrected chi connectivity index (χ4v) is 1.09. The molecule has 14 heavy (non-hydrogen) atoms. The monoisotopic (exact) mass is 194 g/mol. The minimum atomic E-state index is 0.0256. The van der Waals surface area contributed by atoms with Gasteiger partial charge < -0.3 is 10.6 Å². The molecule has 0 atom stereocenters. The highest BCUT2D eigenvalue weighted by Crippen LogP contribution is 2.13. The lowest BCUT2D eigenvalue weighted by atomic mass is 10.1. The maximum Gasteiger partial charge on any atom is 0.131 e. The number of anilines is 2. The van der Waals surface area contributed by atoms with Gasteiger partial charge in [0.25, 0.3) is 0 Å². The largest absolute Gasteiger partial charge is 0.370 e. The highest BCUT2D eigenvalue weighted by atomic mass is 15.1. The SMILES string of the molecule is CCNc1cc(NC(C)(C)C)ncn1. The average Bonchev–Trinajstić information content (AvgIpc) is 2.02. The minimum Gasteiger partial charge on any atom is -0.370 e. The third-order valence-electron chi connectivity index (χ3n) is 1.53. The van der Waals surface area contributed by atoms with E-state index in [-0.39, 0.29) is 5.54 Å². The first-order valence-electron chi connectivity index (χ1n) is 4.85. The Morgan fingerprint density at radius 2 is 1.86 bits per heavy atom. The number of nitrogens with zero attached hydrogens (tertiary/aromatic N) is 2. The summed E-state index contributed by atoms with van der Waals surface area (Å²) < 4.78 is 0. The van der Waals surface area contributed by atoms with Crippen molar-refractivity contribution in [3.63, 3.8) is 0 Å². The maximum atomic E-state index is 4.14. The van der Waals surface area contributed by atoms with Crippen molar-refractivity contribution >= 4 is 11.6 Å². The zero-order chi connectivity index (χ0) is 10.6. The van der Waals surface area contributed by atoms with E-state index in [0.29, 0.717) is 0 Å². The fraction of sp³-hybridized carbons (Fsp3) is 0.600. The first kappa shape index (κ1) is 10.8. The van der Waals surface area contributed by atoms with Gasteiger partial charge in [0, 0.05) is 18.2 Å². The van der Waals surface area contributed by atoms with Crippen LogP contribution in [0.4, 0.5) is 11.6 Å². The van der Waals surface area contributed by atoms with Crippen LogP contribution in [0.3, 0.4) is 0 Å². The van der Waals surface area contributed by atoms with Crippen LogP contribution in [0.15, 0.2) is 12.4 Å². The Balaban J connectivity index is 2.73. The molecule has 0 unspecified atom stereocenters. The van der Waals surface area contributed by atoms with Gasteiger partial charge in [0.15, 0.2) is 0 Å². The molecule has 0 aromatic carbocycles. The van der Waals surface area contributed by atoms with Crippen LogP contribution in [0, 0.1) is 0 Å². The van der Waals surface area contributed by atoms with Gasteiger partial charge in [-0.2, -0.15) is 0 Å². The van der Waals surface area contributed by atoms with Gasteiger partial charge in [-0.3, -0.25) is 0 Å². The Labute approximate surface area is 85.2 Å². The van der Waals surface area contributed by atoms with E-state index in [0.717, 1.165) is 18.2 Å². The molecule has 0 fully saturated rings. The molecular formula is C10H18N4. The molecule has 0 radical (unpaired) electrons. The summed E-state index contributed by atoms with van der Waals surface area (Å²) in [6.45, 7) is 9.21. The standard InChI is InChI=1S/C10H18N4/c1-5-11-8-6-9(13-7-12-8)14-10(2,3)4/h6-7H,5H2,1-4H3,(H2,11,12,13,14). The minimum absolute atomic E-state index is 0.0256. The lowest BCUT2D eigenvalue weighted by molar-refractivity contribution is 0.630. The molecule has 2 N–H and O–H groups in total. The predicted octanol–water partition coefficient (Wildman–Crippen LogP) is 2.12. The van der Waals surface area contributed by atoms with E-state index in [1.807, 2.05) is 13.0 Å². The van der Waals surface area contributed by atoms with Crippen LogP contribution in [0.2, 0.25) is 0 Å². The first-order valence-corrected chi connectivity index (χ1v) is 4.85. The Morgan fingerprint density at radius 3 is 2.43 bits per heavy atom. The van der Waals surface area contributed by atoms with Crippen LogP contribution < -0.4 is 10.6 Å². The van der Waals surface area contributed by atoms with Crippen molar-refractivity contribution in [1.82, 2.24) is 9.97 Å². The zero-order valence-electron chi connectivity index (χ0n) is 9.26. The number of hydrogen-bond acceptors (Lipinski definition) is 4. The van der Waals surface area contributed by atoms with Gasteiger partial charge in [-0.15, -0.1) is 0 Å². The summed E-state index contributed by atoms with van der Waals surface area (Å²) in [5, 5.41) is 6.43. The van der Waals surface area contributed by atoms with Gasteiger partial charge in [-0.05, 0) is 27.7 Å². The van der Waals surface area contributed by atoms with Crippen molar-refractivity contribution in [2.75, 3.05) is 17.2 Å². The Bertz CT molecular complexity index is 290. The topological polar surface area (TPSA) is 49.8 Å². The van der Waals surface area contributed by atoms with Gasteiger partial charge >= 0.3 is 0 Å². The molecule has 4 heteroatoms. The number of rotatable bonds is 3. The molecule has 0 aliphatic rings. The second-order valence-corrected chi connectivity index (χ2v) is 4.19. The summed E-state index contributed by atoms with van der Waals surface area (Å²) in [5.41, 5.74) is 0.0256. The number of nitrogens with one attached hydrogen (secondary N) is 2. The molecule has 0 saturated heterocycles. The van der Waals surface area contributed by atoms with Gasteiger partial charge in [-0.25, -0.2) is 9.97 Å². The normalized spacial score (nSPS) is 11.1. The first-order chi connectivity index (χ1) is 6.51. The van der Waals surface area contributed by atoms with Crippen molar-refractivity contribution < 1.29 is 0 Å². The van der Waals surface area contributed by atoms with Gasteiger partial charge in [0.05, 0.1) is 0 Å². The van der Waals surface area contributed by atoms with E-state index in [2.05, 4.69) is 41.4 Å². The molecule has 0 bridgehead atoms. The molecule has 0 saturated carbocycles. The molecule has 0 spiro atoms. The predicted molar refractivity (Wildman–Crippen MR) is 59.6 cm³/mol.